The molecule has 0 spiro atoms. The van der Waals surface area contributed by atoms with E-state index in [0.717, 1.165) is 31.9 Å². The van der Waals surface area contributed by atoms with Crippen LogP contribution in [0.25, 0.3) is 0 Å². The van der Waals surface area contributed by atoms with E-state index in [1.807, 2.05) is 6.92 Å². The molecule has 1 aromatic rings. The highest BCUT2D eigenvalue weighted by Gasteiger charge is 2.60. The molecule has 1 amide bonds. The van der Waals surface area contributed by atoms with Gasteiger partial charge in [-0.2, -0.15) is 0 Å². The molecule has 2 saturated carbocycles. The molecule has 3 fully saturated rings. The van der Waals surface area contributed by atoms with E-state index < -0.39 is 34.0 Å². The lowest BCUT2D eigenvalue weighted by Crippen LogP contribution is -2.50. The number of aromatic nitrogens is 2. The van der Waals surface area contributed by atoms with Gasteiger partial charge < -0.3 is 9.47 Å². The Hall–Kier alpha value is -1.85. The van der Waals surface area contributed by atoms with Crippen molar-refractivity contribution < 1.29 is 27.1 Å². The summed E-state index contributed by atoms with van der Waals surface area (Å²) in [5, 5.41) is 0. The lowest BCUT2D eigenvalue weighted by molar-refractivity contribution is -0.0147. The number of likely N-dealkylation sites (tertiary alicyclic amines) is 1. The van der Waals surface area contributed by atoms with Crippen molar-refractivity contribution in [1.29, 1.82) is 0 Å². The van der Waals surface area contributed by atoms with E-state index in [-0.39, 0.29) is 30.3 Å². The topological polar surface area (TPSA) is 111 Å². The van der Waals surface area contributed by atoms with Gasteiger partial charge in [0.25, 0.3) is 0 Å². The Morgan fingerprint density at radius 3 is 2.64 bits per heavy atom. The van der Waals surface area contributed by atoms with Crippen molar-refractivity contribution in [1.82, 2.24) is 19.6 Å². The van der Waals surface area contributed by atoms with E-state index in [1.165, 1.54) is 12.4 Å². The first kappa shape index (κ1) is 24.3. The van der Waals surface area contributed by atoms with Gasteiger partial charge in [-0.1, -0.05) is 0 Å². The molecule has 0 aromatic carbocycles. The zero-order valence-corrected chi connectivity index (χ0v) is 20.3. The van der Waals surface area contributed by atoms with E-state index in [4.69, 9.17) is 9.47 Å². The molecule has 3 aliphatic rings. The average Bonchev–Trinajstić information content (AvgIpc) is 3.36. The minimum Gasteiger partial charge on any atom is -0.447 e. The van der Waals surface area contributed by atoms with Gasteiger partial charge in [0.2, 0.25) is 10.0 Å². The summed E-state index contributed by atoms with van der Waals surface area (Å²) in [6.07, 6.45) is 6.79. The Bertz CT molecular complexity index is 976. The summed E-state index contributed by atoms with van der Waals surface area (Å²) >= 11 is 0. The number of halogens is 1. The molecule has 6 atom stereocenters. The summed E-state index contributed by atoms with van der Waals surface area (Å²) in [5.41, 5.74) is -0.0804. The summed E-state index contributed by atoms with van der Waals surface area (Å²) in [6.45, 7) is 5.68. The zero-order valence-electron chi connectivity index (χ0n) is 19.5. The van der Waals surface area contributed by atoms with Gasteiger partial charge in [-0.05, 0) is 58.8 Å². The van der Waals surface area contributed by atoms with E-state index in [9.17, 15) is 17.6 Å². The Kier molecular flexibility index (Phi) is 6.67. The molecule has 11 heteroatoms. The third kappa shape index (κ3) is 5.30. The van der Waals surface area contributed by atoms with Crippen LogP contribution in [0, 0.1) is 11.7 Å². The van der Waals surface area contributed by atoms with Gasteiger partial charge in [-0.15, -0.1) is 0 Å². The Morgan fingerprint density at radius 2 is 2.03 bits per heavy atom. The van der Waals surface area contributed by atoms with Crippen molar-refractivity contribution in [3.8, 4) is 0 Å². The molecule has 4 rings (SSSR count). The van der Waals surface area contributed by atoms with Gasteiger partial charge in [-0.25, -0.2) is 32.3 Å². The van der Waals surface area contributed by atoms with Crippen LogP contribution in [0.5, 0.6) is 0 Å². The summed E-state index contributed by atoms with van der Waals surface area (Å²) in [5.74, 6) is 0.654. The van der Waals surface area contributed by atoms with E-state index in [0.29, 0.717) is 18.2 Å². The molecule has 2 aliphatic carbocycles. The Balaban J connectivity index is 1.40. The van der Waals surface area contributed by atoms with Crippen LogP contribution in [0.15, 0.2) is 12.4 Å². The fourth-order valence-corrected chi connectivity index (χ4v) is 6.33. The predicted octanol–water partition coefficient (Wildman–Crippen LogP) is 2.37. The molecule has 1 N–H and O–H groups in total. The second kappa shape index (κ2) is 9.07. The highest BCUT2D eigenvalue weighted by Crippen LogP contribution is 2.61. The third-order valence-electron chi connectivity index (χ3n) is 7.06. The van der Waals surface area contributed by atoms with Gasteiger partial charge in [-0.3, -0.25) is 4.90 Å². The smallest absolute Gasteiger partial charge is 0.410 e. The van der Waals surface area contributed by atoms with Crippen LogP contribution < -0.4 is 4.72 Å². The molecule has 184 valence electrons. The van der Waals surface area contributed by atoms with Crippen molar-refractivity contribution in [3.05, 3.63) is 24.0 Å². The van der Waals surface area contributed by atoms with Crippen molar-refractivity contribution in [2.24, 2.45) is 5.92 Å². The quantitative estimate of drug-likeness (QED) is 0.633. The largest absolute Gasteiger partial charge is 0.447 e. The number of hydrogen-bond donors (Lipinski definition) is 1. The number of carbonyl (C=O) groups is 1. The summed E-state index contributed by atoms with van der Waals surface area (Å²) in [4.78, 5) is 22.8. The number of carbonyl (C=O) groups excluding carboxylic acids is 1. The minimum absolute atomic E-state index is 0.00355. The number of ether oxygens (including phenoxy) is 2. The molecular weight excluding hydrogens is 451 g/mol. The molecule has 9 nitrogen and oxygen atoms in total. The second-order valence-electron chi connectivity index (χ2n) is 10.0. The molecule has 1 aromatic heterocycles. The lowest BCUT2D eigenvalue weighted by atomic mass is 9.86. The van der Waals surface area contributed by atoms with Crippen LogP contribution in [0.4, 0.5) is 9.18 Å². The predicted molar refractivity (Wildman–Crippen MR) is 118 cm³/mol. The van der Waals surface area contributed by atoms with Crippen LogP contribution in [-0.2, 0) is 24.9 Å². The van der Waals surface area contributed by atoms with Crippen LogP contribution in [0.2, 0.25) is 0 Å². The van der Waals surface area contributed by atoms with Crippen molar-refractivity contribution in [2.75, 3.05) is 12.9 Å². The maximum atomic E-state index is 13.2. The van der Waals surface area contributed by atoms with Gasteiger partial charge in [0.1, 0.15) is 5.82 Å². The molecule has 0 bridgehead atoms. The normalized spacial score (nSPS) is 33.8. The first-order chi connectivity index (χ1) is 15.5. The Morgan fingerprint density at radius 1 is 1.33 bits per heavy atom. The standard InChI is InChI=1S/C22H33FN4O5S/c1-13(2)32-21(28)27-14(3)7-18(26-33(4,29)30)19(27)12-31-17-5-6-22(9-15(22)8-17)20-24-10-16(23)11-25-20/h10-11,13-15,17-19,26H,5-9,12H2,1-4H3/t14-,15-,17+,18+,19+,22-/m1/s1. The number of nitrogens with zero attached hydrogens (tertiary/aromatic N) is 3. The van der Waals surface area contributed by atoms with Gasteiger partial charge >= 0.3 is 6.09 Å². The molecule has 0 radical (unpaired) electrons. The fraction of sp³-hybridized carbons (Fsp3) is 0.773. The van der Waals surface area contributed by atoms with Crippen LogP contribution >= 0.6 is 0 Å². The molecule has 33 heavy (non-hydrogen) atoms. The number of sulfonamides is 1. The molecular formula is C22H33FN4O5S. The maximum Gasteiger partial charge on any atom is 0.410 e. The molecule has 0 unspecified atom stereocenters. The highest BCUT2D eigenvalue weighted by atomic mass is 32.2. The molecule has 2 heterocycles. The zero-order chi connectivity index (χ0) is 24.0. The van der Waals surface area contributed by atoms with E-state index in [1.54, 1.807) is 18.7 Å². The van der Waals surface area contributed by atoms with E-state index in [2.05, 4.69) is 14.7 Å². The number of amides is 1. The van der Waals surface area contributed by atoms with E-state index >= 15 is 0 Å². The summed E-state index contributed by atoms with van der Waals surface area (Å²) in [6, 6.07) is -1.07. The highest BCUT2D eigenvalue weighted by molar-refractivity contribution is 7.88. The lowest BCUT2D eigenvalue weighted by Gasteiger charge is -2.33. The Labute approximate surface area is 194 Å². The van der Waals surface area contributed by atoms with Crippen LogP contribution in [0.3, 0.4) is 0 Å². The summed E-state index contributed by atoms with van der Waals surface area (Å²) < 4.78 is 51.4. The van der Waals surface area contributed by atoms with Crippen LogP contribution in [-0.4, -0.2) is 72.6 Å². The van der Waals surface area contributed by atoms with Crippen molar-refractivity contribution in [3.63, 3.8) is 0 Å². The molecule has 1 saturated heterocycles. The average molecular weight is 485 g/mol. The first-order valence-electron chi connectivity index (χ1n) is 11.5. The van der Waals surface area contributed by atoms with Crippen molar-refractivity contribution in [2.45, 2.75) is 88.6 Å². The number of rotatable bonds is 7. The number of hydrogen-bond acceptors (Lipinski definition) is 7. The monoisotopic (exact) mass is 484 g/mol. The minimum atomic E-state index is -3.45. The fourth-order valence-electron chi connectivity index (χ4n) is 5.53. The van der Waals surface area contributed by atoms with Gasteiger partial charge in [0.05, 0.1) is 43.5 Å². The SMILES string of the molecule is CC(C)OC(=O)N1[C@H](C)C[C@H](NS(C)(=O)=O)[C@@H]1CO[C@H]1CC[C@@]2(c3ncc(F)cn3)C[C@H]2C1. The third-order valence-corrected chi connectivity index (χ3v) is 7.80. The second-order valence-corrected chi connectivity index (χ2v) is 11.8. The first-order valence-corrected chi connectivity index (χ1v) is 13.4. The molecule has 1 aliphatic heterocycles. The van der Waals surface area contributed by atoms with Gasteiger partial charge in [0, 0.05) is 17.5 Å². The maximum absolute atomic E-state index is 13.2. The summed E-state index contributed by atoms with van der Waals surface area (Å²) in [7, 11) is -3.45. The number of fused-ring (bicyclic) bond motifs is 1. The van der Waals surface area contributed by atoms with Gasteiger partial charge in [0.15, 0.2) is 5.82 Å². The van der Waals surface area contributed by atoms with Crippen LogP contribution in [0.1, 0.15) is 58.7 Å². The van der Waals surface area contributed by atoms with Crippen molar-refractivity contribution >= 4 is 16.1 Å². The number of nitrogens with one attached hydrogen (secondary N) is 1.